The van der Waals surface area contributed by atoms with Crippen molar-refractivity contribution < 1.29 is 19.2 Å². The van der Waals surface area contributed by atoms with Gasteiger partial charge in [0.25, 0.3) is 0 Å². The van der Waals surface area contributed by atoms with E-state index in [9.17, 15) is 4.79 Å². The van der Waals surface area contributed by atoms with Crippen LogP contribution < -0.4 is 4.74 Å². The number of nitrogens with zero attached hydrogens (tertiary/aromatic N) is 1. The predicted octanol–water partition coefficient (Wildman–Crippen LogP) is 3.69. The fraction of sp³-hybridized carbons (Fsp3) is 0.176. The van der Waals surface area contributed by atoms with E-state index < -0.39 is 11.9 Å². The van der Waals surface area contributed by atoms with Crippen molar-refractivity contribution in [3.8, 4) is 17.0 Å². The number of fused-ring (bicyclic) bond motifs is 1. The molecule has 2 aromatic carbocycles. The van der Waals surface area contributed by atoms with Crippen molar-refractivity contribution in [1.29, 1.82) is 0 Å². The van der Waals surface area contributed by atoms with Crippen molar-refractivity contribution in [3.63, 3.8) is 0 Å². The molecule has 5 heteroatoms. The Morgan fingerprint density at radius 2 is 1.95 bits per heavy atom. The third-order valence-corrected chi connectivity index (χ3v) is 3.73. The van der Waals surface area contributed by atoms with Gasteiger partial charge in [0.15, 0.2) is 5.58 Å². The molecule has 0 aliphatic rings. The molecule has 3 rings (SSSR count). The van der Waals surface area contributed by atoms with Crippen LogP contribution in [0.15, 0.2) is 47.0 Å². The fourth-order valence-electron chi connectivity index (χ4n) is 2.33. The molecule has 1 N–H and O–H groups in total. The average molecular weight is 297 g/mol. The van der Waals surface area contributed by atoms with Crippen LogP contribution in [-0.2, 0) is 4.79 Å². The van der Waals surface area contributed by atoms with Crippen LogP contribution >= 0.6 is 0 Å². The smallest absolute Gasteiger partial charge is 0.310 e. The Morgan fingerprint density at radius 1 is 1.23 bits per heavy atom. The number of carboxylic acids is 1. The van der Waals surface area contributed by atoms with E-state index in [1.54, 1.807) is 26.2 Å². The maximum atomic E-state index is 11.1. The SMILES string of the molecule is COc1ccc(-c2noc3ccc(C(C)C(=O)O)cc23)cc1. The first-order chi connectivity index (χ1) is 10.6. The zero-order chi connectivity index (χ0) is 15.7. The third kappa shape index (κ3) is 2.41. The predicted molar refractivity (Wildman–Crippen MR) is 82.0 cm³/mol. The molecule has 1 heterocycles. The number of aromatic nitrogens is 1. The molecule has 0 radical (unpaired) electrons. The molecular weight excluding hydrogens is 282 g/mol. The second-order valence-electron chi connectivity index (χ2n) is 5.08. The highest BCUT2D eigenvalue weighted by atomic mass is 16.5. The van der Waals surface area contributed by atoms with Gasteiger partial charge in [-0.05, 0) is 48.9 Å². The molecular formula is C17H15NO4. The molecule has 0 aliphatic heterocycles. The van der Waals surface area contributed by atoms with E-state index in [-0.39, 0.29) is 0 Å². The molecule has 0 amide bonds. The van der Waals surface area contributed by atoms with Crippen LogP contribution in [0.1, 0.15) is 18.4 Å². The van der Waals surface area contributed by atoms with Crippen LogP contribution in [0.2, 0.25) is 0 Å². The van der Waals surface area contributed by atoms with E-state index in [1.807, 2.05) is 30.3 Å². The normalized spacial score (nSPS) is 12.3. The Labute approximate surface area is 127 Å². The molecule has 22 heavy (non-hydrogen) atoms. The van der Waals surface area contributed by atoms with Gasteiger partial charge >= 0.3 is 5.97 Å². The van der Waals surface area contributed by atoms with Crippen molar-refractivity contribution in [2.24, 2.45) is 0 Å². The van der Waals surface area contributed by atoms with Gasteiger partial charge in [-0.3, -0.25) is 4.79 Å². The summed E-state index contributed by atoms with van der Waals surface area (Å²) in [5.74, 6) is -0.679. The van der Waals surface area contributed by atoms with Crippen LogP contribution in [-0.4, -0.2) is 23.3 Å². The van der Waals surface area contributed by atoms with Gasteiger partial charge in [0.2, 0.25) is 0 Å². The summed E-state index contributed by atoms with van der Waals surface area (Å²) < 4.78 is 10.5. The van der Waals surface area contributed by atoms with Crippen molar-refractivity contribution in [3.05, 3.63) is 48.0 Å². The molecule has 0 spiro atoms. The molecule has 3 aromatic rings. The van der Waals surface area contributed by atoms with E-state index in [4.69, 9.17) is 14.4 Å². The minimum atomic E-state index is -0.859. The van der Waals surface area contributed by atoms with E-state index in [1.165, 1.54) is 0 Å². The Hall–Kier alpha value is -2.82. The van der Waals surface area contributed by atoms with Gasteiger partial charge in [-0.1, -0.05) is 11.2 Å². The van der Waals surface area contributed by atoms with E-state index in [2.05, 4.69) is 5.16 Å². The van der Waals surface area contributed by atoms with Gasteiger partial charge in [-0.2, -0.15) is 0 Å². The Bertz CT molecular complexity index is 820. The zero-order valence-corrected chi connectivity index (χ0v) is 12.2. The lowest BCUT2D eigenvalue weighted by atomic mass is 9.98. The largest absolute Gasteiger partial charge is 0.497 e. The first kappa shape index (κ1) is 14.1. The highest BCUT2D eigenvalue weighted by Gasteiger charge is 2.17. The van der Waals surface area contributed by atoms with E-state index in [0.29, 0.717) is 11.3 Å². The van der Waals surface area contributed by atoms with Crippen molar-refractivity contribution in [2.45, 2.75) is 12.8 Å². The minimum Gasteiger partial charge on any atom is -0.497 e. The maximum Gasteiger partial charge on any atom is 0.310 e. The number of hydrogen-bond acceptors (Lipinski definition) is 4. The molecule has 112 valence electrons. The number of rotatable bonds is 4. The summed E-state index contributed by atoms with van der Waals surface area (Å²) in [6, 6.07) is 12.8. The highest BCUT2D eigenvalue weighted by molar-refractivity contribution is 5.92. The standard InChI is InChI=1S/C17H15NO4/c1-10(17(19)20)12-5-8-15-14(9-12)16(18-22-15)11-3-6-13(21-2)7-4-11/h3-10H,1-2H3,(H,19,20). The fourth-order valence-corrected chi connectivity index (χ4v) is 2.33. The topological polar surface area (TPSA) is 72.6 Å². The quantitative estimate of drug-likeness (QED) is 0.795. The summed E-state index contributed by atoms with van der Waals surface area (Å²) >= 11 is 0. The molecule has 5 nitrogen and oxygen atoms in total. The van der Waals surface area contributed by atoms with Crippen LogP contribution in [0.5, 0.6) is 5.75 Å². The van der Waals surface area contributed by atoms with Crippen LogP contribution in [0, 0.1) is 0 Å². The molecule has 0 aliphatic carbocycles. The second kappa shape index (κ2) is 5.52. The number of carbonyl (C=O) groups is 1. The lowest BCUT2D eigenvalue weighted by Gasteiger charge is -2.06. The van der Waals surface area contributed by atoms with Gasteiger partial charge < -0.3 is 14.4 Å². The lowest BCUT2D eigenvalue weighted by Crippen LogP contribution is -2.06. The Kier molecular flexibility index (Phi) is 3.55. The van der Waals surface area contributed by atoms with Gasteiger partial charge in [0.1, 0.15) is 11.4 Å². The Balaban J connectivity index is 2.09. The van der Waals surface area contributed by atoms with Crippen molar-refractivity contribution in [2.75, 3.05) is 7.11 Å². The summed E-state index contributed by atoms with van der Waals surface area (Å²) in [6.45, 7) is 1.66. The van der Waals surface area contributed by atoms with E-state index >= 15 is 0 Å². The van der Waals surface area contributed by atoms with Crippen LogP contribution in [0.25, 0.3) is 22.2 Å². The summed E-state index contributed by atoms with van der Waals surface area (Å²) in [7, 11) is 1.61. The summed E-state index contributed by atoms with van der Waals surface area (Å²) in [6.07, 6.45) is 0. The number of benzene rings is 2. The second-order valence-corrected chi connectivity index (χ2v) is 5.08. The number of ether oxygens (including phenoxy) is 1. The molecule has 0 bridgehead atoms. The molecule has 0 saturated carbocycles. The average Bonchev–Trinajstić information content (AvgIpc) is 2.97. The third-order valence-electron chi connectivity index (χ3n) is 3.73. The monoisotopic (exact) mass is 297 g/mol. The minimum absolute atomic E-state index is 0.581. The van der Waals surface area contributed by atoms with E-state index in [0.717, 1.165) is 22.3 Å². The summed E-state index contributed by atoms with van der Waals surface area (Å²) in [5, 5.41) is 14.1. The number of methoxy groups -OCH3 is 1. The lowest BCUT2D eigenvalue weighted by molar-refractivity contribution is -0.138. The summed E-state index contributed by atoms with van der Waals surface area (Å²) in [5.41, 5.74) is 2.93. The molecule has 1 unspecified atom stereocenters. The van der Waals surface area contributed by atoms with Gasteiger partial charge in [0.05, 0.1) is 13.0 Å². The number of carboxylic acid groups (broad SMARTS) is 1. The van der Waals surface area contributed by atoms with Crippen molar-refractivity contribution >= 4 is 16.9 Å². The van der Waals surface area contributed by atoms with Crippen LogP contribution in [0.3, 0.4) is 0 Å². The van der Waals surface area contributed by atoms with Crippen LogP contribution in [0.4, 0.5) is 0 Å². The van der Waals surface area contributed by atoms with Gasteiger partial charge in [0, 0.05) is 10.9 Å². The first-order valence-electron chi connectivity index (χ1n) is 6.86. The Morgan fingerprint density at radius 3 is 2.59 bits per heavy atom. The van der Waals surface area contributed by atoms with Crippen molar-refractivity contribution in [1.82, 2.24) is 5.16 Å². The molecule has 1 atom stereocenters. The van der Waals surface area contributed by atoms with Gasteiger partial charge in [-0.25, -0.2) is 0 Å². The number of hydrogen-bond donors (Lipinski definition) is 1. The number of aliphatic carboxylic acids is 1. The highest BCUT2D eigenvalue weighted by Crippen LogP contribution is 2.31. The molecule has 1 aromatic heterocycles. The summed E-state index contributed by atoms with van der Waals surface area (Å²) in [4.78, 5) is 11.1. The first-order valence-corrected chi connectivity index (χ1v) is 6.86. The van der Waals surface area contributed by atoms with Gasteiger partial charge in [-0.15, -0.1) is 0 Å². The zero-order valence-electron chi connectivity index (χ0n) is 12.2. The molecule has 0 saturated heterocycles. The molecule has 0 fully saturated rings. The maximum absolute atomic E-state index is 11.1.